The van der Waals surface area contributed by atoms with E-state index < -0.39 is 12.2 Å². The molecule has 3 N–H and O–H groups in total. The molecule has 0 bridgehead atoms. The molecule has 0 amide bonds. The summed E-state index contributed by atoms with van der Waals surface area (Å²) in [7, 11) is 0. The summed E-state index contributed by atoms with van der Waals surface area (Å²) in [5.41, 5.74) is 0. The quantitative estimate of drug-likeness (QED) is 0.570. The van der Waals surface area contributed by atoms with E-state index >= 15 is 0 Å². The molecule has 0 heterocycles. The molecule has 11 heavy (non-hydrogen) atoms. The molecule has 0 aliphatic carbocycles. The molecule has 0 aliphatic heterocycles. The van der Waals surface area contributed by atoms with Gasteiger partial charge in [-0.05, 0) is 20.3 Å². The van der Waals surface area contributed by atoms with Gasteiger partial charge in [0, 0.05) is 6.61 Å². The molecule has 0 aromatic carbocycles. The Kier molecular flexibility index (Phi) is 12.1. The molecule has 0 rings (SSSR count). The van der Waals surface area contributed by atoms with E-state index in [1.807, 2.05) is 0 Å². The molecule has 0 saturated heterocycles. The normalized spacial score (nSPS) is 14.7. The van der Waals surface area contributed by atoms with E-state index in [1.54, 1.807) is 13.8 Å². The summed E-state index contributed by atoms with van der Waals surface area (Å²) in [6.45, 7) is 5.49. The lowest BCUT2D eigenvalue weighted by molar-refractivity contribution is 0.0438. The fourth-order valence-electron chi connectivity index (χ4n) is 0.158. The molecule has 0 aromatic heterocycles. The number of aliphatic hydroxyl groups is 3. The SMILES string of the molecule is CC(O)C(C)O.CCCCO. The fourth-order valence-corrected chi connectivity index (χ4v) is 0.158. The Bertz CT molecular complexity index is 54.4. The van der Waals surface area contributed by atoms with E-state index in [0.29, 0.717) is 6.61 Å². The van der Waals surface area contributed by atoms with Crippen molar-refractivity contribution in [3.63, 3.8) is 0 Å². The zero-order valence-electron chi connectivity index (χ0n) is 7.62. The van der Waals surface area contributed by atoms with Crippen LogP contribution in [0.15, 0.2) is 0 Å². The van der Waals surface area contributed by atoms with Crippen LogP contribution in [0, 0.1) is 0 Å². The minimum absolute atomic E-state index is 0.344. The number of aliphatic hydroxyl groups excluding tert-OH is 3. The molecule has 0 fully saturated rings. The highest BCUT2D eigenvalue weighted by Crippen LogP contribution is 1.85. The van der Waals surface area contributed by atoms with Crippen LogP contribution >= 0.6 is 0 Å². The molecule has 0 aromatic rings. The monoisotopic (exact) mass is 164 g/mol. The van der Waals surface area contributed by atoms with Crippen molar-refractivity contribution in [1.82, 2.24) is 0 Å². The highest BCUT2D eigenvalue weighted by molar-refractivity contribution is 4.50. The first kappa shape index (κ1) is 13.5. The molecule has 2 atom stereocenters. The Balaban J connectivity index is 0. The van der Waals surface area contributed by atoms with Crippen LogP contribution in [0.4, 0.5) is 0 Å². The molecule has 3 nitrogen and oxygen atoms in total. The molecule has 0 saturated carbocycles. The lowest BCUT2D eigenvalue weighted by atomic mass is 10.3. The van der Waals surface area contributed by atoms with Gasteiger partial charge in [-0.25, -0.2) is 0 Å². The predicted molar refractivity (Wildman–Crippen MR) is 45.4 cm³/mol. The average molecular weight is 164 g/mol. The molecule has 0 spiro atoms. The van der Waals surface area contributed by atoms with Crippen LogP contribution in [0.2, 0.25) is 0 Å². The molecule has 0 radical (unpaired) electrons. The summed E-state index contributed by atoms with van der Waals surface area (Å²) in [6, 6.07) is 0. The molecule has 3 heteroatoms. The Morgan fingerprint density at radius 3 is 1.45 bits per heavy atom. The Hall–Kier alpha value is -0.120. The molecular weight excluding hydrogens is 144 g/mol. The second-order valence-electron chi connectivity index (χ2n) is 2.56. The fraction of sp³-hybridized carbons (Fsp3) is 1.00. The van der Waals surface area contributed by atoms with E-state index in [-0.39, 0.29) is 0 Å². The van der Waals surface area contributed by atoms with E-state index in [4.69, 9.17) is 15.3 Å². The second kappa shape index (κ2) is 9.88. The first-order valence-corrected chi connectivity index (χ1v) is 4.03. The summed E-state index contributed by atoms with van der Waals surface area (Å²) in [5.74, 6) is 0. The number of rotatable bonds is 3. The number of hydrogen-bond donors (Lipinski definition) is 3. The Labute approximate surface area is 68.7 Å². The first-order valence-electron chi connectivity index (χ1n) is 4.03. The van der Waals surface area contributed by atoms with Crippen molar-refractivity contribution >= 4 is 0 Å². The predicted octanol–water partition coefficient (Wildman–Crippen LogP) is 0.527. The van der Waals surface area contributed by atoms with Gasteiger partial charge in [0.15, 0.2) is 0 Å². The molecule has 0 aliphatic rings. The van der Waals surface area contributed by atoms with Gasteiger partial charge in [-0.1, -0.05) is 13.3 Å². The lowest BCUT2D eigenvalue weighted by Crippen LogP contribution is -2.17. The van der Waals surface area contributed by atoms with Gasteiger partial charge in [-0.15, -0.1) is 0 Å². The number of unbranched alkanes of at least 4 members (excludes halogenated alkanes) is 1. The Morgan fingerprint density at radius 2 is 1.45 bits per heavy atom. The van der Waals surface area contributed by atoms with Gasteiger partial charge < -0.3 is 15.3 Å². The maximum absolute atomic E-state index is 8.38. The highest BCUT2D eigenvalue weighted by Gasteiger charge is 1.99. The maximum Gasteiger partial charge on any atom is 0.0768 e. The van der Waals surface area contributed by atoms with Crippen LogP contribution < -0.4 is 0 Å². The standard InChI is InChI=1S/C4H10O2.C4H10O/c1-3(5)4(2)6;1-2-3-4-5/h3-6H,1-2H3;5H,2-4H2,1H3. The van der Waals surface area contributed by atoms with E-state index in [1.165, 1.54) is 0 Å². The molecular formula is C8H20O3. The van der Waals surface area contributed by atoms with E-state index in [2.05, 4.69) is 6.92 Å². The van der Waals surface area contributed by atoms with Crippen molar-refractivity contribution in [2.75, 3.05) is 6.61 Å². The van der Waals surface area contributed by atoms with Crippen LogP contribution in [-0.2, 0) is 0 Å². The Morgan fingerprint density at radius 1 is 1.09 bits per heavy atom. The highest BCUT2D eigenvalue weighted by atomic mass is 16.3. The van der Waals surface area contributed by atoms with Gasteiger partial charge in [0.05, 0.1) is 12.2 Å². The van der Waals surface area contributed by atoms with Crippen LogP contribution in [0.25, 0.3) is 0 Å². The maximum atomic E-state index is 8.38. The second-order valence-corrected chi connectivity index (χ2v) is 2.56. The molecule has 70 valence electrons. The van der Waals surface area contributed by atoms with Gasteiger partial charge in [-0.2, -0.15) is 0 Å². The zero-order valence-corrected chi connectivity index (χ0v) is 7.62. The van der Waals surface area contributed by atoms with Gasteiger partial charge in [0.1, 0.15) is 0 Å². The van der Waals surface area contributed by atoms with Crippen LogP contribution in [0.3, 0.4) is 0 Å². The van der Waals surface area contributed by atoms with Crippen molar-refractivity contribution in [2.45, 2.75) is 45.8 Å². The first-order chi connectivity index (χ1) is 5.06. The van der Waals surface area contributed by atoms with E-state index in [9.17, 15) is 0 Å². The largest absolute Gasteiger partial charge is 0.396 e. The topological polar surface area (TPSA) is 60.7 Å². The minimum atomic E-state index is -0.593. The van der Waals surface area contributed by atoms with E-state index in [0.717, 1.165) is 12.8 Å². The van der Waals surface area contributed by atoms with Gasteiger partial charge in [0.25, 0.3) is 0 Å². The van der Waals surface area contributed by atoms with Crippen molar-refractivity contribution in [2.24, 2.45) is 0 Å². The van der Waals surface area contributed by atoms with Crippen molar-refractivity contribution in [3.05, 3.63) is 0 Å². The number of hydrogen-bond acceptors (Lipinski definition) is 3. The van der Waals surface area contributed by atoms with Gasteiger partial charge in [-0.3, -0.25) is 0 Å². The smallest absolute Gasteiger partial charge is 0.0768 e. The van der Waals surface area contributed by atoms with Gasteiger partial charge >= 0.3 is 0 Å². The summed E-state index contributed by atoms with van der Waals surface area (Å²) >= 11 is 0. The average Bonchev–Trinajstić information content (AvgIpc) is 1.90. The third-order valence-electron chi connectivity index (χ3n) is 1.21. The summed E-state index contributed by atoms with van der Waals surface area (Å²) in [6.07, 6.45) is 0.853. The van der Waals surface area contributed by atoms with Crippen LogP contribution in [0.5, 0.6) is 0 Å². The zero-order chi connectivity index (χ0) is 9.28. The van der Waals surface area contributed by atoms with Crippen LogP contribution in [-0.4, -0.2) is 34.1 Å². The minimum Gasteiger partial charge on any atom is -0.396 e. The summed E-state index contributed by atoms with van der Waals surface area (Å²) in [4.78, 5) is 0. The third kappa shape index (κ3) is 17.7. The van der Waals surface area contributed by atoms with Crippen molar-refractivity contribution in [1.29, 1.82) is 0 Å². The molecule has 2 unspecified atom stereocenters. The van der Waals surface area contributed by atoms with Crippen LogP contribution in [0.1, 0.15) is 33.6 Å². The van der Waals surface area contributed by atoms with Crippen molar-refractivity contribution in [3.8, 4) is 0 Å². The van der Waals surface area contributed by atoms with Crippen molar-refractivity contribution < 1.29 is 15.3 Å². The summed E-state index contributed by atoms with van der Waals surface area (Å²) in [5, 5.41) is 24.8. The summed E-state index contributed by atoms with van der Waals surface area (Å²) < 4.78 is 0. The van der Waals surface area contributed by atoms with Gasteiger partial charge in [0.2, 0.25) is 0 Å². The third-order valence-corrected chi connectivity index (χ3v) is 1.21. The lowest BCUT2D eigenvalue weighted by Gasteiger charge is -2.03.